The quantitative estimate of drug-likeness (QED) is 0.0282. The van der Waals surface area contributed by atoms with Crippen molar-refractivity contribution in [1.29, 1.82) is 0 Å². The summed E-state index contributed by atoms with van der Waals surface area (Å²) in [7, 11) is 1.60. The zero-order valence-electron chi connectivity index (χ0n) is 48.0. The fourth-order valence-corrected chi connectivity index (χ4v) is 11.4. The van der Waals surface area contributed by atoms with Crippen molar-refractivity contribution in [1.82, 2.24) is 40.0 Å². The molecule has 0 spiro atoms. The summed E-state index contributed by atoms with van der Waals surface area (Å²) in [5.74, 6) is -0.279. The third-order valence-electron chi connectivity index (χ3n) is 15.2. The molecule has 0 radical (unpaired) electrons. The summed E-state index contributed by atoms with van der Waals surface area (Å²) in [6.45, 7) is 15.9. The Balaban J connectivity index is 0.714. The van der Waals surface area contributed by atoms with Gasteiger partial charge >= 0.3 is 0 Å². The first-order valence-electron chi connectivity index (χ1n) is 28.4. The molecule has 2 aliphatic rings. The van der Waals surface area contributed by atoms with Crippen LogP contribution >= 0.6 is 11.3 Å². The molecule has 2 fully saturated rings. The van der Waals surface area contributed by atoms with Gasteiger partial charge in [0.05, 0.1) is 40.7 Å². The van der Waals surface area contributed by atoms with Gasteiger partial charge in [0.1, 0.15) is 17.8 Å². The van der Waals surface area contributed by atoms with Crippen LogP contribution in [0.25, 0.3) is 27.2 Å². The smallest absolute Gasteiger partial charge is 0.257 e. The Morgan fingerprint density at radius 1 is 0.866 bits per heavy atom. The van der Waals surface area contributed by atoms with Crippen molar-refractivity contribution in [2.45, 2.75) is 130 Å². The summed E-state index contributed by atoms with van der Waals surface area (Å²) in [6, 6.07) is 20.5. The number of likely N-dealkylation sites (tertiary alicyclic amines) is 1. The van der Waals surface area contributed by atoms with E-state index in [4.69, 9.17) is 9.72 Å². The summed E-state index contributed by atoms with van der Waals surface area (Å²) in [5.41, 5.74) is 7.57. The number of aromatic nitrogens is 4. The molecule has 20 heteroatoms. The molecule has 2 aliphatic heterocycles. The summed E-state index contributed by atoms with van der Waals surface area (Å²) in [5, 5.41) is 23.3. The number of ether oxygens (including phenoxy) is 1. The molecule has 6 aromatic rings. The number of anilines is 4. The van der Waals surface area contributed by atoms with Crippen molar-refractivity contribution >= 4 is 74.9 Å². The van der Waals surface area contributed by atoms with E-state index in [-0.39, 0.29) is 67.0 Å². The standard InChI is InChI=1S/C62H77N11O8S/c1-8-52(75)66-44-18-17-19-46(33-44)73-55(78)32-40(2)48-37-64-61(69-58(48)73)67-49-27-26-45(34-51(49)81-7)70-28-30-71(31-29-70)54(77)21-16-14-12-10-9-11-13-15-20-53(76)68-57(62(4,5)6)60(80)72-38-47(74)35-50(72)59(79)63-36-42-22-24-43(25-23-42)56-41(3)65-39-82-56/h8,17-19,22-27,32-34,37,39,47,50,57,74H,1,9-16,20-21,28-31,35-36,38H2,2-7H3,(H,63,79)(H,66,75)(H,68,76)(H,64,67,69)/t47-,50+,57-/m1/s1. The lowest BCUT2D eigenvalue weighted by Crippen LogP contribution is -2.57. The molecule has 0 saturated carbocycles. The number of rotatable bonds is 24. The van der Waals surface area contributed by atoms with Crippen LogP contribution in [-0.2, 0) is 30.5 Å². The van der Waals surface area contributed by atoms with Crippen LogP contribution in [0.3, 0.4) is 0 Å². The Morgan fingerprint density at radius 2 is 1.57 bits per heavy atom. The first-order chi connectivity index (χ1) is 39.4. The second-order valence-corrected chi connectivity index (χ2v) is 23.2. The number of aliphatic hydroxyl groups is 1. The maximum Gasteiger partial charge on any atom is 0.257 e. The Hall–Kier alpha value is -7.97. The molecule has 19 nitrogen and oxygen atoms in total. The zero-order valence-corrected chi connectivity index (χ0v) is 48.8. The van der Waals surface area contributed by atoms with Gasteiger partial charge in [-0.2, -0.15) is 4.98 Å². The summed E-state index contributed by atoms with van der Waals surface area (Å²) < 4.78 is 7.30. The number of methoxy groups -OCH3 is 1. The number of aliphatic hydroxyl groups excluding tert-OH is 1. The molecule has 0 bridgehead atoms. The minimum atomic E-state index is -0.867. The number of fused-ring (bicyclic) bond motifs is 1. The molecule has 0 aliphatic carbocycles. The van der Waals surface area contributed by atoms with Crippen LogP contribution in [0.5, 0.6) is 5.75 Å². The van der Waals surface area contributed by atoms with Gasteiger partial charge in [0.15, 0.2) is 5.65 Å². The van der Waals surface area contributed by atoms with E-state index >= 15 is 0 Å². The van der Waals surface area contributed by atoms with E-state index in [2.05, 4.69) is 42.7 Å². The van der Waals surface area contributed by atoms with E-state index in [1.54, 1.807) is 48.9 Å². The number of carbonyl (C=O) groups excluding carboxylic acids is 5. The SMILES string of the molecule is C=CC(=O)Nc1cccc(-n2c(=O)cc(C)c3cnc(Nc4ccc(N5CCN(C(=O)CCCCCCCCCCC(=O)N[C@H](C(=O)N6C[C@H](O)C[C@H]6C(=O)NCc6ccc(-c7scnc7C)cc6)C(C)(C)C)CC5)cc4OC)nc32)c1. The monoisotopic (exact) mass is 1140 g/mol. The summed E-state index contributed by atoms with van der Waals surface area (Å²) in [4.78, 5) is 99.9. The molecule has 2 saturated heterocycles. The average molecular weight is 1140 g/mol. The minimum Gasteiger partial charge on any atom is -0.494 e. The number of benzene rings is 3. The number of β-amino-alcohol motifs (C(OH)–C–C–N with tert-alkyl or cyclic N) is 1. The maximum absolute atomic E-state index is 14.1. The molecule has 5 amide bonds. The summed E-state index contributed by atoms with van der Waals surface area (Å²) >= 11 is 1.58. The van der Waals surface area contributed by atoms with Gasteiger partial charge in [-0.15, -0.1) is 11.3 Å². The largest absolute Gasteiger partial charge is 0.494 e. The van der Waals surface area contributed by atoms with E-state index in [0.29, 0.717) is 72.9 Å². The molecule has 8 rings (SSSR count). The summed E-state index contributed by atoms with van der Waals surface area (Å²) in [6.07, 6.45) is 10.5. The van der Waals surface area contributed by atoms with Crippen molar-refractivity contribution < 1.29 is 33.8 Å². The van der Waals surface area contributed by atoms with E-state index < -0.39 is 23.6 Å². The second-order valence-electron chi connectivity index (χ2n) is 22.3. The third-order valence-corrected chi connectivity index (χ3v) is 16.2. The Labute approximate surface area is 483 Å². The molecule has 5 heterocycles. The van der Waals surface area contributed by atoms with Crippen LogP contribution in [0.15, 0.2) is 102 Å². The first kappa shape index (κ1) is 60.1. The highest BCUT2D eigenvalue weighted by atomic mass is 32.1. The molecular weight excluding hydrogens is 1060 g/mol. The van der Waals surface area contributed by atoms with Crippen LogP contribution < -0.4 is 36.5 Å². The molecule has 0 unspecified atom stereocenters. The fraction of sp³-hybridized carbons (Fsp3) is 0.435. The lowest BCUT2D eigenvalue weighted by molar-refractivity contribution is -0.144. The van der Waals surface area contributed by atoms with Crippen LogP contribution in [0.4, 0.5) is 23.0 Å². The fourth-order valence-electron chi connectivity index (χ4n) is 10.6. The van der Waals surface area contributed by atoms with Gasteiger partial charge in [-0.1, -0.05) is 96.2 Å². The number of hydrogen-bond donors (Lipinski definition) is 5. The molecule has 5 N–H and O–H groups in total. The van der Waals surface area contributed by atoms with E-state index in [1.165, 1.54) is 21.6 Å². The number of carbonyl (C=O) groups is 5. The number of nitrogens with one attached hydrogen (secondary N) is 4. The predicted octanol–water partition coefficient (Wildman–Crippen LogP) is 8.76. The topological polar surface area (TPSA) is 233 Å². The number of nitrogens with zero attached hydrogens (tertiary/aromatic N) is 7. The van der Waals surface area contributed by atoms with Gasteiger partial charge in [-0.25, -0.2) is 9.97 Å². The highest BCUT2D eigenvalue weighted by molar-refractivity contribution is 7.13. The van der Waals surface area contributed by atoms with Gasteiger partial charge in [-0.3, -0.25) is 33.3 Å². The molecule has 82 heavy (non-hydrogen) atoms. The normalized spacial score (nSPS) is 15.7. The third kappa shape index (κ3) is 15.3. The van der Waals surface area contributed by atoms with Crippen LogP contribution in [0.2, 0.25) is 0 Å². The van der Waals surface area contributed by atoms with Crippen molar-refractivity contribution in [3.63, 3.8) is 0 Å². The van der Waals surface area contributed by atoms with Crippen LogP contribution in [0, 0.1) is 19.3 Å². The van der Waals surface area contributed by atoms with Crippen LogP contribution in [-0.4, -0.2) is 122 Å². The van der Waals surface area contributed by atoms with Gasteiger partial charge in [-0.05, 0) is 85.2 Å². The van der Waals surface area contributed by atoms with Crippen molar-refractivity contribution in [3.05, 3.63) is 124 Å². The Bertz CT molecular complexity index is 3310. The zero-order chi connectivity index (χ0) is 58.5. The molecule has 3 atom stereocenters. The molecule has 434 valence electrons. The lowest BCUT2D eigenvalue weighted by atomic mass is 9.85. The molecular formula is C62H77N11O8S. The van der Waals surface area contributed by atoms with E-state index in [9.17, 15) is 33.9 Å². The highest BCUT2D eigenvalue weighted by Gasteiger charge is 2.44. The molecule has 3 aromatic heterocycles. The number of amides is 5. The first-order valence-corrected chi connectivity index (χ1v) is 29.2. The van der Waals surface area contributed by atoms with Crippen LogP contribution in [0.1, 0.15) is 108 Å². The molecule has 3 aromatic carbocycles. The van der Waals surface area contributed by atoms with Crippen molar-refractivity contribution in [2.75, 3.05) is 55.4 Å². The van der Waals surface area contributed by atoms with Gasteiger partial charge in [0.2, 0.25) is 35.5 Å². The number of hydrogen-bond acceptors (Lipinski definition) is 14. The number of pyridine rings is 1. The number of piperazine rings is 1. The highest BCUT2D eigenvalue weighted by Crippen LogP contribution is 2.34. The van der Waals surface area contributed by atoms with E-state index in [1.807, 2.05) is 87.5 Å². The van der Waals surface area contributed by atoms with Gasteiger partial charge < -0.3 is 45.8 Å². The predicted molar refractivity (Wildman–Crippen MR) is 322 cm³/mol. The number of unbranched alkanes of at least 4 members (excludes halogenated alkanes) is 7. The number of thiazole rings is 1. The lowest BCUT2D eigenvalue weighted by Gasteiger charge is -2.36. The number of aryl methyl sites for hydroxylation is 2. The van der Waals surface area contributed by atoms with Crippen molar-refractivity contribution in [2.24, 2.45) is 5.41 Å². The average Bonchev–Trinajstić information content (AvgIpc) is 4.23. The second kappa shape index (κ2) is 27.7. The maximum atomic E-state index is 14.1. The van der Waals surface area contributed by atoms with Gasteiger partial charge in [0, 0.05) is 93.6 Å². The van der Waals surface area contributed by atoms with Gasteiger partial charge in [0.25, 0.3) is 5.56 Å². The van der Waals surface area contributed by atoms with E-state index in [0.717, 1.165) is 77.9 Å². The minimum absolute atomic E-state index is 0.0212. The Kier molecular flexibility index (Phi) is 20.3. The van der Waals surface area contributed by atoms with Crippen molar-refractivity contribution in [3.8, 4) is 21.9 Å². The Morgan fingerprint density at radius 3 is 2.24 bits per heavy atom.